The fraction of sp³-hybridized carbons (Fsp3) is 0.381. The molecular weight excluding hydrogens is 406 g/mol. The molecule has 0 N–H and O–H groups in total. The smallest absolute Gasteiger partial charge is 0.270 e. The SMILES string of the molecule is Cc1cc(C)c(C(=O)N2CCN(S(=O)(=O)c3cc([N+](=O)[O-])ccc3C)CC2)c(C)c1. The van der Waals surface area contributed by atoms with Crippen molar-refractivity contribution < 1.29 is 18.1 Å². The Morgan fingerprint density at radius 2 is 1.50 bits per heavy atom. The summed E-state index contributed by atoms with van der Waals surface area (Å²) in [6, 6.07) is 7.75. The van der Waals surface area contributed by atoms with E-state index in [4.69, 9.17) is 0 Å². The summed E-state index contributed by atoms with van der Waals surface area (Å²) >= 11 is 0. The standard InChI is InChI=1S/C21H25N3O5S/c1-14-11-16(3)20(17(4)12-14)21(25)22-7-9-23(10-8-22)30(28,29)19-13-18(24(26)27)6-5-15(19)2/h5-6,11-13H,7-10H2,1-4H3. The third-order valence-corrected chi connectivity index (χ3v) is 7.46. The number of amides is 1. The highest BCUT2D eigenvalue weighted by atomic mass is 32.2. The van der Waals surface area contributed by atoms with Gasteiger partial charge in [-0.1, -0.05) is 23.8 Å². The zero-order chi connectivity index (χ0) is 22.2. The minimum absolute atomic E-state index is 0.0679. The van der Waals surface area contributed by atoms with Gasteiger partial charge in [-0.15, -0.1) is 0 Å². The summed E-state index contributed by atoms with van der Waals surface area (Å²) in [4.78, 5) is 25.1. The van der Waals surface area contributed by atoms with Crippen molar-refractivity contribution in [1.29, 1.82) is 0 Å². The Bertz CT molecular complexity index is 1100. The number of hydrogen-bond acceptors (Lipinski definition) is 5. The first-order valence-electron chi connectivity index (χ1n) is 9.64. The second-order valence-electron chi connectivity index (χ2n) is 7.68. The Morgan fingerprint density at radius 3 is 2.03 bits per heavy atom. The molecule has 9 heteroatoms. The van der Waals surface area contributed by atoms with E-state index in [1.54, 1.807) is 11.8 Å². The maximum absolute atomic E-state index is 13.1. The summed E-state index contributed by atoms with van der Waals surface area (Å²) in [5.74, 6) is -0.103. The van der Waals surface area contributed by atoms with Gasteiger partial charge in [-0.2, -0.15) is 4.31 Å². The predicted octanol–water partition coefficient (Wildman–Crippen LogP) is 2.98. The molecule has 2 aromatic rings. The van der Waals surface area contributed by atoms with Crippen molar-refractivity contribution in [3.63, 3.8) is 0 Å². The van der Waals surface area contributed by atoms with Crippen LogP contribution in [0.3, 0.4) is 0 Å². The van der Waals surface area contributed by atoms with Gasteiger partial charge in [0.05, 0.1) is 9.82 Å². The Morgan fingerprint density at radius 1 is 0.933 bits per heavy atom. The lowest BCUT2D eigenvalue weighted by molar-refractivity contribution is -0.385. The third kappa shape index (κ3) is 4.08. The van der Waals surface area contributed by atoms with E-state index < -0.39 is 14.9 Å². The van der Waals surface area contributed by atoms with Crippen LogP contribution in [0, 0.1) is 37.8 Å². The molecular formula is C21H25N3O5S. The lowest BCUT2D eigenvalue weighted by atomic mass is 9.98. The first-order valence-corrected chi connectivity index (χ1v) is 11.1. The molecule has 0 saturated carbocycles. The molecule has 0 bridgehead atoms. The largest absolute Gasteiger partial charge is 0.336 e. The molecule has 0 aliphatic carbocycles. The highest BCUT2D eigenvalue weighted by molar-refractivity contribution is 7.89. The van der Waals surface area contributed by atoms with Gasteiger partial charge in [0, 0.05) is 43.9 Å². The van der Waals surface area contributed by atoms with Crippen molar-refractivity contribution in [2.45, 2.75) is 32.6 Å². The number of rotatable bonds is 4. The van der Waals surface area contributed by atoms with Crippen molar-refractivity contribution in [3.05, 3.63) is 68.3 Å². The van der Waals surface area contributed by atoms with Gasteiger partial charge in [-0.05, 0) is 44.4 Å². The summed E-state index contributed by atoms with van der Waals surface area (Å²) in [5, 5.41) is 11.0. The Kier molecular flexibility index (Phi) is 5.96. The fourth-order valence-electron chi connectivity index (χ4n) is 3.93. The van der Waals surface area contributed by atoms with E-state index in [9.17, 15) is 23.3 Å². The number of hydrogen-bond donors (Lipinski definition) is 0. The number of nitro groups is 1. The average Bonchev–Trinajstić information content (AvgIpc) is 2.67. The Hall–Kier alpha value is -2.78. The molecule has 0 radical (unpaired) electrons. The summed E-state index contributed by atoms with van der Waals surface area (Å²) in [6.07, 6.45) is 0. The van der Waals surface area contributed by atoms with Gasteiger partial charge < -0.3 is 4.90 Å². The Balaban J connectivity index is 1.79. The molecule has 1 aliphatic heterocycles. The fourth-order valence-corrected chi connectivity index (χ4v) is 5.59. The monoisotopic (exact) mass is 431 g/mol. The minimum Gasteiger partial charge on any atom is -0.336 e. The molecule has 8 nitrogen and oxygen atoms in total. The highest BCUT2D eigenvalue weighted by Gasteiger charge is 2.33. The number of benzene rings is 2. The number of carbonyl (C=O) groups is 1. The molecule has 1 aliphatic rings. The number of carbonyl (C=O) groups excluding carboxylic acids is 1. The molecule has 1 amide bonds. The lowest BCUT2D eigenvalue weighted by Gasteiger charge is -2.34. The summed E-state index contributed by atoms with van der Waals surface area (Å²) < 4.78 is 27.4. The van der Waals surface area contributed by atoms with Crippen molar-refractivity contribution in [2.24, 2.45) is 0 Å². The third-order valence-electron chi connectivity index (χ3n) is 5.42. The van der Waals surface area contributed by atoms with E-state index >= 15 is 0 Å². The average molecular weight is 432 g/mol. The molecule has 1 fully saturated rings. The van der Waals surface area contributed by atoms with Crippen LogP contribution in [0.1, 0.15) is 32.6 Å². The minimum atomic E-state index is -3.89. The first kappa shape index (κ1) is 21.9. The molecule has 30 heavy (non-hydrogen) atoms. The van der Waals surface area contributed by atoms with Crippen LogP contribution in [-0.2, 0) is 10.0 Å². The number of nitro benzene ring substituents is 1. The second kappa shape index (κ2) is 8.16. The number of aryl methyl sites for hydroxylation is 4. The topological polar surface area (TPSA) is 101 Å². The van der Waals surface area contributed by atoms with E-state index in [0.717, 1.165) is 22.8 Å². The van der Waals surface area contributed by atoms with Crippen LogP contribution in [0.4, 0.5) is 5.69 Å². The molecule has 1 heterocycles. The number of non-ortho nitro benzene ring substituents is 1. The highest BCUT2D eigenvalue weighted by Crippen LogP contribution is 2.26. The van der Waals surface area contributed by atoms with Gasteiger partial charge in [-0.25, -0.2) is 8.42 Å². The molecule has 0 unspecified atom stereocenters. The van der Waals surface area contributed by atoms with Crippen LogP contribution in [-0.4, -0.2) is 54.6 Å². The van der Waals surface area contributed by atoms with Crippen LogP contribution >= 0.6 is 0 Å². The quantitative estimate of drug-likeness (QED) is 0.547. The second-order valence-corrected chi connectivity index (χ2v) is 9.58. The molecule has 0 aromatic heterocycles. The normalized spacial score (nSPS) is 15.3. The van der Waals surface area contributed by atoms with Crippen molar-refractivity contribution in [2.75, 3.05) is 26.2 Å². The van der Waals surface area contributed by atoms with Crippen molar-refractivity contribution in [3.8, 4) is 0 Å². The van der Waals surface area contributed by atoms with Gasteiger partial charge in [0.15, 0.2) is 0 Å². The van der Waals surface area contributed by atoms with Crippen LogP contribution < -0.4 is 0 Å². The lowest BCUT2D eigenvalue weighted by Crippen LogP contribution is -2.50. The molecule has 0 atom stereocenters. The van der Waals surface area contributed by atoms with Crippen molar-refractivity contribution >= 4 is 21.6 Å². The molecule has 0 spiro atoms. The number of nitrogens with zero attached hydrogens (tertiary/aromatic N) is 3. The van der Waals surface area contributed by atoms with Crippen LogP contribution in [0.2, 0.25) is 0 Å². The van der Waals surface area contributed by atoms with E-state index in [2.05, 4.69) is 0 Å². The first-order chi connectivity index (χ1) is 14.0. The number of piperazine rings is 1. The van der Waals surface area contributed by atoms with E-state index in [0.29, 0.717) is 11.1 Å². The zero-order valence-electron chi connectivity index (χ0n) is 17.5. The summed E-state index contributed by atoms with van der Waals surface area (Å²) in [5.41, 5.74) is 3.74. The molecule has 3 rings (SSSR count). The maximum atomic E-state index is 13.1. The maximum Gasteiger partial charge on any atom is 0.270 e. The van der Waals surface area contributed by atoms with Gasteiger partial charge in [0.1, 0.15) is 0 Å². The van der Waals surface area contributed by atoms with E-state index in [-0.39, 0.29) is 42.7 Å². The number of sulfonamides is 1. The van der Waals surface area contributed by atoms with E-state index in [1.165, 1.54) is 16.4 Å². The van der Waals surface area contributed by atoms with Gasteiger partial charge in [0.25, 0.3) is 11.6 Å². The molecule has 2 aromatic carbocycles. The summed E-state index contributed by atoms with van der Waals surface area (Å²) in [7, 11) is -3.89. The van der Waals surface area contributed by atoms with Gasteiger partial charge in [0.2, 0.25) is 10.0 Å². The molecule has 160 valence electrons. The van der Waals surface area contributed by atoms with Crippen LogP contribution in [0.25, 0.3) is 0 Å². The van der Waals surface area contributed by atoms with Gasteiger partial charge >= 0.3 is 0 Å². The molecule has 1 saturated heterocycles. The van der Waals surface area contributed by atoms with Crippen LogP contribution in [0.15, 0.2) is 35.2 Å². The van der Waals surface area contributed by atoms with E-state index in [1.807, 2.05) is 32.9 Å². The zero-order valence-corrected chi connectivity index (χ0v) is 18.3. The predicted molar refractivity (Wildman–Crippen MR) is 113 cm³/mol. The Labute approximate surface area is 176 Å². The van der Waals surface area contributed by atoms with Gasteiger partial charge in [-0.3, -0.25) is 14.9 Å². The van der Waals surface area contributed by atoms with Crippen LogP contribution in [0.5, 0.6) is 0 Å². The van der Waals surface area contributed by atoms with Crippen molar-refractivity contribution in [1.82, 2.24) is 9.21 Å². The summed E-state index contributed by atoms with van der Waals surface area (Å²) in [6.45, 7) is 8.20.